The fourth-order valence-electron chi connectivity index (χ4n) is 2.89. The van der Waals surface area contributed by atoms with Crippen molar-refractivity contribution >= 4 is 17.3 Å². The summed E-state index contributed by atoms with van der Waals surface area (Å²) in [6, 6.07) is 9.40. The molecule has 2 atom stereocenters. The number of halogens is 1. The second-order valence-electron chi connectivity index (χ2n) is 4.99. The zero-order valence-electron chi connectivity index (χ0n) is 11.0. The predicted octanol–water partition coefficient (Wildman–Crippen LogP) is 4.06. The van der Waals surface area contributed by atoms with Crippen molar-refractivity contribution in [2.45, 2.75) is 51.1 Å². The predicted molar refractivity (Wildman–Crippen MR) is 76.0 cm³/mol. The quantitative estimate of drug-likeness (QED) is 0.768. The van der Waals surface area contributed by atoms with Crippen LogP contribution in [0.5, 0.6) is 0 Å². The van der Waals surface area contributed by atoms with Gasteiger partial charge in [0.15, 0.2) is 0 Å². The summed E-state index contributed by atoms with van der Waals surface area (Å²) < 4.78 is 0. The maximum absolute atomic E-state index is 9.32. The van der Waals surface area contributed by atoms with Crippen molar-refractivity contribution in [3.8, 4) is 6.07 Å². The van der Waals surface area contributed by atoms with Gasteiger partial charge in [0.25, 0.3) is 0 Å². The lowest BCUT2D eigenvalue weighted by Gasteiger charge is -2.31. The second kappa shape index (κ2) is 5.63. The second-order valence-corrected chi connectivity index (χ2v) is 5.26. The molecule has 3 heteroatoms. The molecule has 96 valence electrons. The summed E-state index contributed by atoms with van der Waals surface area (Å²) in [5.41, 5.74) is 2.83. The van der Waals surface area contributed by atoms with Crippen LogP contribution in [0.2, 0.25) is 0 Å². The number of nitrogens with zero attached hydrogens (tertiary/aromatic N) is 2. The Bertz CT molecular complexity index is 464. The van der Waals surface area contributed by atoms with Crippen molar-refractivity contribution in [2.24, 2.45) is 0 Å². The van der Waals surface area contributed by atoms with Crippen molar-refractivity contribution in [1.82, 2.24) is 0 Å². The van der Waals surface area contributed by atoms with E-state index in [0.29, 0.717) is 18.0 Å². The molecule has 1 aliphatic rings. The average Bonchev–Trinajstić information content (AvgIpc) is 2.78. The van der Waals surface area contributed by atoms with Crippen LogP contribution in [0, 0.1) is 11.3 Å². The summed E-state index contributed by atoms with van der Waals surface area (Å²) >= 11 is 5.83. The number of rotatable bonds is 3. The van der Waals surface area contributed by atoms with Crippen LogP contribution in [0.15, 0.2) is 18.2 Å². The third-order valence-corrected chi connectivity index (χ3v) is 4.18. The van der Waals surface area contributed by atoms with Crippen LogP contribution in [0.1, 0.15) is 44.2 Å². The molecule has 1 aromatic rings. The molecule has 0 aromatic heterocycles. The van der Waals surface area contributed by atoms with Crippen LogP contribution < -0.4 is 4.90 Å². The van der Waals surface area contributed by atoms with E-state index in [9.17, 15) is 5.26 Å². The number of hydrogen-bond acceptors (Lipinski definition) is 2. The van der Waals surface area contributed by atoms with Crippen molar-refractivity contribution < 1.29 is 0 Å². The van der Waals surface area contributed by atoms with Crippen LogP contribution in [0.4, 0.5) is 5.69 Å². The van der Waals surface area contributed by atoms with E-state index < -0.39 is 0 Å². The van der Waals surface area contributed by atoms with Gasteiger partial charge in [-0.15, -0.1) is 11.6 Å². The molecule has 0 amide bonds. The van der Waals surface area contributed by atoms with Gasteiger partial charge in [-0.1, -0.05) is 13.0 Å². The van der Waals surface area contributed by atoms with Crippen LogP contribution >= 0.6 is 11.6 Å². The standard InChI is InChI=1S/C15H19ClN2/c1-3-14-6-4-11(2)18(14)15-7-5-12(9-16)8-13(15)10-17/h5,7-8,11,14H,3-4,6,9H2,1-2H3. The summed E-state index contributed by atoms with van der Waals surface area (Å²) in [4.78, 5) is 2.41. The molecule has 1 aliphatic heterocycles. The molecule has 1 fully saturated rings. The number of hydrogen-bond donors (Lipinski definition) is 0. The molecule has 0 saturated carbocycles. The third kappa shape index (κ3) is 2.33. The molecule has 0 bridgehead atoms. The molecule has 1 saturated heterocycles. The summed E-state index contributed by atoms with van der Waals surface area (Å²) in [6.45, 7) is 4.46. The number of alkyl halides is 1. The van der Waals surface area contributed by atoms with Crippen molar-refractivity contribution in [3.63, 3.8) is 0 Å². The first-order chi connectivity index (χ1) is 8.71. The van der Waals surface area contributed by atoms with E-state index in [1.807, 2.05) is 12.1 Å². The Labute approximate surface area is 114 Å². The summed E-state index contributed by atoms with van der Waals surface area (Å²) in [5, 5.41) is 9.32. The minimum atomic E-state index is 0.460. The van der Waals surface area contributed by atoms with Gasteiger partial charge in [-0.3, -0.25) is 0 Å². The van der Waals surface area contributed by atoms with Gasteiger partial charge in [0.05, 0.1) is 11.3 Å². The smallest absolute Gasteiger partial charge is 0.101 e. The Morgan fingerprint density at radius 3 is 2.83 bits per heavy atom. The van der Waals surface area contributed by atoms with E-state index in [-0.39, 0.29) is 0 Å². The van der Waals surface area contributed by atoms with Gasteiger partial charge in [-0.2, -0.15) is 5.26 Å². The van der Waals surface area contributed by atoms with E-state index in [1.54, 1.807) is 0 Å². The molecule has 0 spiro atoms. The lowest BCUT2D eigenvalue weighted by atomic mass is 10.1. The molecule has 0 radical (unpaired) electrons. The molecule has 0 aliphatic carbocycles. The minimum absolute atomic E-state index is 0.460. The first-order valence-electron chi connectivity index (χ1n) is 6.58. The van der Waals surface area contributed by atoms with Gasteiger partial charge in [-0.05, 0) is 43.9 Å². The fraction of sp³-hybridized carbons (Fsp3) is 0.533. The minimum Gasteiger partial charge on any atom is -0.365 e. The van der Waals surface area contributed by atoms with Gasteiger partial charge in [0.1, 0.15) is 6.07 Å². The van der Waals surface area contributed by atoms with Gasteiger partial charge in [0, 0.05) is 18.0 Å². The summed E-state index contributed by atoms with van der Waals surface area (Å²) in [6.07, 6.45) is 3.56. The normalized spacial score (nSPS) is 23.1. The van der Waals surface area contributed by atoms with E-state index in [1.165, 1.54) is 12.8 Å². The zero-order valence-corrected chi connectivity index (χ0v) is 11.7. The van der Waals surface area contributed by atoms with Crippen LogP contribution in [-0.2, 0) is 5.88 Å². The van der Waals surface area contributed by atoms with E-state index in [4.69, 9.17) is 11.6 Å². The first-order valence-corrected chi connectivity index (χ1v) is 7.12. The van der Waals surface area contributed by atoms with Crippen molar-refractivity contribution in [3.05, 3.63) is 29.3 Å². The fourth-order valence-corrected chi connectivity index (χ4v) is 3.05. The molecule has 0 N–H and O–H groups in total. The van der Waals surface area contributed by atoms with Crippen molar-refractivity contribution in [2.75, 3.05) is 4.90 Å². The van der Waals surface area contributed by atoms with Gasteiger partial charge in [0.2, 0.25) is 0 Å². The topological polar surface area (TPSA) is 27.0 Å². The summed E-state index contributed by atoms with van der Waals surface area (Å²) in [5.74, 6) is 0.460. The van der Waals surface area contributed by atoms with Crippen LogP contribution in [-0.4, -0.2) is 12.1 Å². The SMILES string of the molecule is CCC1CCC(C)N1c1ccc(CCl)cc1C#N. The molecule has 1 heterocycles. The lowest BCUT2D eigenvalue weighted by Crippen LogP contribution is -2.34. The Kier molecular flexibility index (Phi) is 4.14. The first kappa shape index (κ1) is 13.2. The highest BCUT2D eigenvalue weighted by molar-refractivity contribution is 6.17. The summed E-state index contributed by atoms with van der Waals surface area (Å²) in [7, 11) is 0. The largest absolute Gasteiger partial charge is 0.365 e. The van der Waals surface area contributed by atoms with E-state index in [0.717, 1.165) is 23.2 Å². The average molecular weight is 263 g/mol. The Morgan fingerprint density at radius 1 is 1.44 bits per heavy atom. The zero-order chi connectivity index (χ0) is 13.1. The monoisotopic (exact) mass is 262 g/mol. The molecule has 2 unspecified atom stereocenters. The van der Waals surface area contributed by atoms with E-state index >= 15 is 0 Å². The highest BCUT2D eigenvalue weighted by Crippen LogP contribution is 2.34. The maximum atomic E-state index is 9.32. The highest BCUT2D eigenvalue weighted by Gasteiger charge is 2.30. The number of anilines is 1. The van der Waals surface area contributed by atoms with Crippen LogP contribution in [0.25, 0.3) is 0 Å². The van der Waals surface area contributed by atoms with Gasteiger partial charge < -0.3 is 4.90 Å². The molecule has 18 heavy (non-hydrogen) atoms. The molecular weight excluding hydrogens is 244 g/mol. The maximum Gasteiger partial charge on any atom is 0.101 e. The lowest BCUT2D eigenvalue weighted by molar-refractivity contribution is 0.627. The number of benzene rings is 1. The Hall–Kier alpha value is -1.20. The molecular formula is C15H19ClN2. The van der Waals surface area contributed by atoms with Crippen LogP contribution in [0.3, 0.4) is 0 Å². The Morgan fingerprint density at radius 2 is 2.22 bits per heavy atom. The number of nitriles is 1. The molecule has 1 aromatic carbocycles. The molecule has 2 rings (SSSR count). The Balaban J connectivity index is 2.41. The van der Waals surface area contributed by atoms with Crippen molar-refractivity contribution in [1.29, 1.82) is 5.26 Å². The van der Waals surface area contributed by atoms with Gasteiger partial charge >= 0.3 is 0 Å². The van der Waals surface area contributed by atoms with Gasteiger partial charge in [-0.25, -0.2) is 0 Å². The third-order valence-electron chi connectivity index (χ3n) is 3.87. The van der Waals surface area contributed by atoms with E-state index in [2.05, 4.69) is 30.9 Å². The highest BCUT2D eigenvalue weighted by atomic mass is 35.5. The molecule has 2 nitrogen and oxygen atoms in total.